The second-order valence-electron chi connectivity index (χ2n) is 6.01. The van der Waals surface area contributed by atoms with E-state index in [1.165, 1.54) is 5.57 Å². The average Bonchev–Trinajstić information content (AvgIpc) is 2.54. The van der Waals surface area contributed by atoms with Crippen LogP contribution in [-0.4, -0.2) is 22.5 Å². The maximum atomic E-state index is 10.9. The molecule has 100 valence electrons. The quantitative estimate of drug-likeness (QED) is 0.463. The van der Waals surface area contributed by atoms with Gasteiger partial charge in [0.25, 0.3) is 0 Å². The van der Waals surface area contributed by atoms with E-state index >= 15 is 0 Å². The van der Waals surface area contributed by atoms with Crippen molar-refractivity contribution in [3.8, 4) is 0 Å². The third-order valence-corrected chi connectivity index (χ3v) is 4.46. The van der Waals surface area contributed by atoms with E-state index in [0.717, 1.165) is 6.42 Å². The molecule has 18 heavy (non-hydrogen) atoms. The van der Waals surface area contributed by atoms with Crippen molar-refractivity contribution in [1.29, 1.82) is 0 Å². The molecular weight excluding hydrogens is 234 g/mol. The van der Waals surface area contributed by atoms with E-state index in [9.17, 15) is 14.9 Å². The molecule has 0 radical (unpaired) electrons. The average molecular weight is 253 g/mol. The minimum atomic E-state index is -0.929. The molecule has 0 aromatic heterocycles. The van der Waals surface area contributed by atoms with Crippen LogP contribution in [0.25, 0.3) is 0 Å². The number of aliphatic carboxylic acids is 1. The Hall–Kier alpha value is -1.39. The van der Waals surface area contributed by atoms with Gasteiger partial charge in [-0.1, -0.05) is 25.5 Å². The van der Waals surface area contributed by atoms with Gasteiger partial charge in [0.2, 0.25) is 6.54 Å². The van der Waals surface area contributed by atoms with Gasteiger partial charge < -0.3 is 5.11 Å². The summed E-state index contributed by atoms with van der Waals surface area (Å²) in [5, 5.41) is 19.8. The van der Waals surface area contributed by atoms with Crippen LogP contribution in [0.3, 0.4) is 0 Å². The number of carboxylic acid groups (broad SMARTS) is 1. The molecule has 0 amide bonds. The highest BCUT2D eigenvalue weighted by Crippen LogP contribution is 2.60. The molecule has 0 aromatic carbocycles. The first-order chi connectivity index (χ1) is 8.34. The molecule has 5 heteroatoms. The van der Waals surface area contributed by atoms with E-state index in [2.05, 4.69) is 19.9 Å². The summed E-state index contributed by atoms with van der Waals surface area (Å²) in [5.74, 6) is 0.0496. The van der Waals surface area contributed by atoms with Gasteiger partial charge in [-0.25, -0.2) is 0 Å². The number of nitro groups is 1. The number of hydrogen-bond acceptors (Lipinski definition) is 3. The van der Waals surface area contributed by atoms with Crippen LogP contribution in [0.1, 0.15) is 33.1 Å². The number of nitrogens with zero attached hydrogens (tertiary/aromatic N) is 1. The molecule has 1 fully saturated rings. The summed E-state index contributed by atoms with van der Waals surface area (Å²) in [6.07, 6.45) is 3.70. The molecule has 0 unspecified atom stereocenters. The predicted molar refractivity (Wildman–Crippen MR) is 65.7 cm³/mol. The Morgan fingerprint density at radius 3 is 2.83 bits per heavy atom. The molecule has 0 heterocycles. The van der Waals surface area contributed by atoms with Crippen LogP contribution in [-0.2, 0) is 4.79 Å². The van der Waals surface area contributed by atoms with Crippen LogP contribution < -0.4 is 0 Å². The fourth-order valence-corrected chi connectivity index (χ4v) is 3.64. The molecule has 1 saturated carbocycles. The van der Waals surface area contributed by atoms with Crippen molar-refractivity contribution in [2.75, 3.05) is 6.54 Å². The smallest absolute Gasteiger partial charge is 0.304 e. The monoisotopic (exact) mass is 253 g/mol. The summed E-state index contributed by atoms with van der Waals surface area (Å²) in [4.78, 5) is 21.4. The van der Waals surface area contributed by atoms with E-state index in [4.69, 9.17) is 5.11 Å². The summed E-state index contributed by atoms with van der Waals surface area (Å²) in [6, 6.07) is 0. The van der Waals surface area contributed by atoms with E-state index < -0.39 is 11.4 Å². The van der Waals surface area contributed by atoms with Crippen molar-refractivity contribution in [3.05, 3.63) is 21.8 Å². The predicted octanol–water partition coefficient (Wildman–Crippen LogP) is 2.35. The molecule has 2 aliphatic carbocycles. The number of fused-ring (bicyclic) bond motifs is 1. The van der Waals surface area contributed by atoms with Crippen molar-refractivity contribution >= 4 is 5.97 Å². The SMILES string of the molecule is CC(C)C1=C[C@H]2[C@@H](C1)C[C@]2(CC(=O)O)C[N+](=O)[O-]. The highest BCUT2D eigenvalue weighted by Gasteiger charge is 2.58. The van der Waals surface area contributed by atoms with Crippen LogP contribution in [0.5, 0.6) is 0 Å². The lowest BCUT2D eigenvalue weighted by atomic mass is 9.53. The van der Waals surface area contributed by atoms with Crippen LogP contribution in [0.4, 0.5) is 0 Å². The number of carbonyl (C=O) groups is 1. The third-order valence-electron chi connectivity index (χ3n) is 4.46. The van der Waals surface area contributed by atoms with Crippen molar-refractivity contribution in [2.24, 2.45) is 23.2 Å². The minimum absolute atomic E-state index is 0.0863. The van der Waals surface area contributed by atoms with Crippen molar-refractivity contribution in [3.63, 3.8) is 0 Å². The van der Waals surface area contributed by atoms with E-state index in [1.807, 2.05) is 0 Å². The number of rotatable bonds is 5. The minimum Gasteiger partial charge on any atom is -0.481 e. The molecule has 0 bridgehead atoms. The summed E-state index contributed by atoms with van der Waals surface area (Å²) >= 11 is 0. The number of carboxylic acids is 1. The van der Waals surface area contributed by atoms with E-state index in [0.29, 0.717) is 18.3 Å². The lowest BCUT2D eigenvalue weighted by molar-refractivity contribution is -0.505. The van der Waals surface area contributed by atoms with Crippen molar-refractivity contribution in [1.82, 2.24) is 0 Å². The highest BCUT2D eigenvalue weighted by molar-refractivity contribution is 5.68. The summed E-state index contributed by atoms with van der Waals surface area (Å²) in [5.41, 5.74) is 0.692. The fraction of sp³-hybridized carbons (Fsp3) is 0.769. The Kier molecular flexibility index (Phi) is 3.17. The standard InChI is InChI=1S/C13H19NO4/c1-8(2)9-3-10-5-13(6-12(15)16,7-14(17)18)11(10)4-9/h4,8,10-11H,3,5-7H2,1-2H3,(H,15,16)/t10-,11-,13-/m0/s1. The largest absolute Gasteiger partial charge is 0.481 e. The van der Waals surface area contributed by atoms with Gasteiger partial charge in [-0.05, 0) is 30.6 Å². The van der Waals surface area contributed by atoms with E-state index in [1.54, 1.807) is 0 Å². The zero-order valence-corrected chi connectivity index (χ0v) is 10.8. The number of allylic oxidation sites excluding steroid dienone is 2. The molecule has 2 rings (SSSR count). The first kappa shape index (κ1) is 13.1. The maximum Gasteiger partial charge on any atom is 0.304 e. The zero-order chi connectivity index (χ0) is 13.5. The van der Waals surface area contributed by atoms with Crippen LogP contribution in [0.15, 0.2) is 11.6 Å². The van der Waals surface area contributed by atoms with Crippen LogP contribution in [0.2, 0.25) is 0 Å². The molecule has 0 aliphatic heterocycles. The Labute approximate surface area is 106 Å². The van der Waals surface area contributed by atoms with Gasteiger partial charge in [-0.2, -0.15) is 0 Å². The summed E-state index contributed by atoms with van der Waals surface area (Å²) < 4.78 is 0. The molecule has 5 nitrogen and oxygen atoms in total. The first-order valence-electron chi connectivity index (χ1n) is 6.38. The lowest BCUT2D eigenvalue weighted by Crippen LogP contribution is -2.50. The first-order valence-corrected chi connectivity index (χ1v) is 6.38. The second kappa shape index (κ2) is 4.37. The van der Waals surface area contributed by atoms with Gasteiger partial charge in [-0.15, -0.1) is 0 Å². The van der Waals surface area contributed by atoms with Crippen molar-refractivity contribution in [2.45, 2.75) is 33.1 Å². The van der Waals surface area contributed by atoms with Gasteiger partial charge in [0.15, 0.2) is 0 Å². The third kappa shape index (κ3) is 2.13. The summed E-state index contributed by atoms with van der Waals surface area (Å²) in [6.45, 7) is 4.01. The molecule has 1 N–H and O–H groups in total. The molecule has 0 spiro atoms. The molecule has 2 aliphatic rings. The summed E-state index contributed by atoms with van der Waals surface area (Å²) in [7, 11) is 0. The zero-order valence-electron chi connectivity index (χ0n) is 10.8. The lowest BCUT2D eigenvalue weighted by Gasteiger charge is -2.48. The molecule has 0 saturated heterocycles. The number of hydrogen-bond donors (Lipinski definition) is 1. The molecule has 3 atom stereocenters. The molecular formula is C13H19NO4. The van der Waals surface area contributed by atoms with Gasteiger partial charge in [0, 0.05) is 4.92 Å². The molecule has 0 aromatic rings. The second-order valence-corrected chi connectivity index (χ2v) is 6.01. The van der Waals surface area contributed by atoms with Crippen LogP contribution >= 0.6 is 0 Å². The Balaban J connectivity index is 2.19. The maximum absolute atomic E-state index is 10.9. The fourth-order valence-electron chi connectivity index (χ4n) is 3.64. The van der Waals surface area contributed by atoms with Gasteiger partial charge in [0.1, 0.15) is 0 Å². The topological polar surface area (TPSA) is 80.4 Å². The van der Waals surface area contributed by atoms with Gasteiger partial charge in [0.05, 0.1) is 11.8 Å². The Morgan fingerprint density at radius 2 is 2.33 bits per heavy atom. The Bertz CT molecular complexity index is 397. The van der Waals surface area contributed by atoms with Crippen LogP contribution in [0, 0.1) is 33.3 Å². The Morgan fingerprint density at radius 1 is 1.67 bits per heavy atom. The van der Waals surface area contributed by atoms with Gasteiger partial charge >= 0.3 is 5.97 Å². The van der Waals surface area contributed by atoms with Gasteiger partial charge in [-0.3, -0.25) is 14.9 Å². The highest BCUT2D eigenvalue weighted by atomic mass is 16.6. The normalized spacial score (nSPS) is 33.8. The van der Waals surface area contributed by atoms with Crippen molar-refractivity contribution < 1.29 is 14.8 Å². The van der Waals surface area contributed by atoms with E-state index in [-0.39, 0.29) is 23.8 Å².